The Morgan fingerprint density at radius 1 is 1.11 bits per heavy atom. The Morgan fingerprint density at radius 2 is 1.75 bits per heavy atom. The fourth-order valence-corrected chi connectivity index (χ4v) is 5.51. The number of halogens is 2. The predicted octanol–water partition coefficient (Wildman–Crippen LogP) is 6.22. The number of nitrogens with one attached hydrogen (secondary N) is 1. The van der Waals surface area contributed by atoms with Crippen LogP contribution in [0, 0.1) is 5.41 Å². The molecule has 0 aromatic heterocycles. The van der Waals surface area contributed by atoms with Crippen molar-refractivity contribution >= 4 is 41.0 Å². The number of likely N-dealkylation sites (tertiary alicyclic amines) is 1. The lowest BCUT2D eigenvalue weighted by Gasteiger charge is -2.51. The minimum atomic E-state index is -1.21. The van der Waals surface area contributed by atoms with Gasteiger partial charge in [-0.3, -0.25) is 14.4 Å². The molecular weight excluding hydrogens is 499 g/mol. The third-order valence-corrected chi connectivity index (χ3v) is 7.14. The molecule has 2 aromatic carbocycles. The van der Waals surface area contributed by atoms with Crippen LogP contribution < -0.4 is 5.32 Å². The number of carboxylic acids is 1. The summed E-state index contributed by atoms with van der Waals surface area (Å²) in [5.74, 6) is -1.99. The SMILES string of the molecule is CC[C@@H](C(=O)NC(C)(C)C)N1C(=O)[C@@](C)(CC(=O)O)CC(c2cccc(Cl)c2)[C@H]1c1ccc(Cl)cc1. The van der Waals surface area contributed by atoms with Gasteiger partial charge in [-0.1, -0.05) is 61.3 Å². The van der Waals surface area contributed by atoms with Gasteiger partial charge in [-0.2, -0.15) is 0 Å². The van der Waals surface area contributed by atoms with Crippen molar-refractivity contribution < 1.29 is 19.5 Å². The first-order valence-electron chi connectivity index (χ1n) is 12.1. The first-order valence-corrected chi connectivity index (χ1v) is 12.9. The quantitative estimate of drug-likeness (QED) is 0.442. The average molecular weight is 533 g/mol. The number of aliphatic carboxylic acids is 1. The Kier molecular flexibility index (Phi) is 8.41. The highest BCUT2D eigenvalue weighted by molar-refractivity contribution is 6.30. The number of carboxylic acid groups (broad SMARTS) is 1. The van der Waals surface area contributed by atoms with Crippen molar-refractivity contribution in [2.24, 2.45) is 5.41 Å². The van der Waals surface area contributed by atoms with Crippen molar-refractivity contribution in [1.29, 1.82) is 0 Å². The van der Waals surface area contributed by atoms with Crippen LogP contribution >= 0.6 is 23.2 Å². The van der Waals surface area contributed by atoms with Crippen LogP contribution in [0.3, 0.4) is 0 Å². The van der Waals surface area contributed by atoms with Gasteiger partial charge >= 0.3 is 5.97 Å². The summed E-state index contributed by atoms with van der Waals surface area (Å²) in [6, 6.07) is 13.3. The molecule has 1 unspecified atom stereocenters. The fraction of sp³-hybridized carbons (Fsp3) is 0.464. The van der Waals surface area contributed by atoms with Gasteiger partial charge in [0.1, 0.15) is 6.04 Å². The van der Waals surface area contributed by atoms with E-state index in [9.17, 15) is 19.5 Å². The van der Waals surface area contributed by atoms with Crippen LogP contribution in [-0.4, -0.2) is 39.4 Å². The van der Waals surface area contributed by atoms with Gasteiger partial charge in [0.05, 0.1) is 17.9 Å². The molecule has 8 heteroatoms. The van der Waals surface area contributed by atoms with Crippen molar-refractivity contribution in [2.75, 3.05) is 0 Å². The Balaban J connectivity index is 2.25. The topological polar surface area (TPSA) is 86.7 Å². The normalized spacial score (nSPS) is 23.3. The Labute approximate surface area is 223 Å². The standard InChI is InChI=1S/C28H34Cl2N2O4/c1-6-22(25(35)31-27(2,3)4)32-24(17-10-12-19(29)13-11-17)21(18-8-7-9-20(30)14-18)15-28(5,26(32)36)16-23(33)34/h7-14,21-22,24H,6,15-16H2,1-5H3,(H,31,35)(H,33,34)/t21?,22-,24+,28+/m0/s1. The second-order valence-corrected chi connectivity index (χ2v) is 11.7. The lowest BCUT2D eigenvalue weighted by atomic mass is 9.67. The lowest BCUT2D eigenvalue weighted by Crippen LogP contribution is -2.60. The molecule has 6 nitrogen and oxygen atoms in total. The van der Waals surface area contributed by atoms with Crippen molar-refractivity contribution in [3.05, 3.63) is 69.7 Å². The fourth-order valence-electron chi connectivity index (χ4n) is 5.18. The first kappa shape index (κ1) is 28.0. The summed E-state index contributed by atoms with van der Waals surface area (Å²) in [4.78, 5) is 41.2. The number of carbonyl (C=O) groups excluding carboxylic acids is 2. The second kappa shape index (κ2) is 10.8. The Bertz CT molecular complexity index is 1130. The third kappa shape index (κ3) is 6.22. The second-order valence-electron chi connectivity index (χ2n) is 10.9. The minimum Gasteiger partial charge on any atom is -0.481 e. The van der Waals surface area contributed by atoms with Gasteiger partial charge < -0.3 is 15.3 Å². The van der Waals surface area contributed by atoms with E-state index in [1.165, 1.54) is 0 Å². The molecule has 3 rings (SSSR count). The number of rotatable bonds is 7. The molecule has 2 amide bonds. The van der Waals surface area contributed by atoms with Crippen LogP contribution in [0.4, 0.5) is 0 Å². The molecule has 0 saturated carbocycles. The molecule has 0 radical (unpaired) electrons. The van der Waals surface area contributed by atoms with Crippen molar-refractivity contribution in [2.45, 2.75) is 77.4 Å². The molecule has 0 bridgehead atoms. The van der Waals surface area contributed by atoms with E-state index in [1.54, 1.807) is 30.0 Å². The summed E-state index contributed by atoms with van der Waals surface area (Å²) in [6.45, 7) is 9.19. The van der Waals surface area contributed by atoms with Crippen LogP contribution in [0.2, 0.25) is 10.0 Å². The summed E-state index contributed by atoms with van der Waals surface area (Å²) in [5.41, 5.74) is -0.0211. The molecule has 4 atom stereocenters. The summed E-state index contributed by atoms with van der Waals surface area (Å²) < 4.78 is 0. The van der Waals surface area contributed by atoms with E-state index in [2.05, 4.69) is 5.32 Å². The molecule has 194 valence electrons. The van der Waals surface area contributed by atoms with Gasteiger partial charge in [0.25, 0.3) is 0 Å². The summed E-state index contributed by atoms with van der Waals surface area (Å²) in [6.07, 6.45) is 0.312. The van der Waals surface area contributed by atoms with E-state index in [0.717, 1.165) is 11.1 Å². The molecule has 36 heavy (non-hydrogen) atoms. The van der Waals surface area contributed by atoms with E-state index in [1.807, 2.05) is 58.0 Å². The van der Waals surface area contributed by atoms with Gasteiger partial charge in [-0.25, -0.2) is 0 Å². The summed E-state index contributed by atoms with van der Waals surface area (Å²) >= 11 is 12.5. The maximum absolute atomic E-state index is 14.2. The van der Waals surface area contributed by atoms with Gasteiger partial charge in [-0.15, -0.1) is 0 Å². The smallest absolute Gasteiger partial charge is 0.304 e. The molecule has 2 aromatic rings. The van der Waals surface area contributed by atoms with Gasteiger partial charge in [-0.05, 0) is 69.0 Å². The Morgan fingerprint density at radius 3 is 2.28 bits per heavy atom. The third-order valence-electron chi connectivity index (χ3n) is 6.66. The van der Waals surface area contributed by atoms with Crippen molar-refractivity contribution in [3.63, 3.8) is 0 Å². The Hall–Kier alpha value is -2.57. The van der Waals surface area contributed by atoms with Gasteiger partial charge in [0, 0.05) is 21.5 Å². The molecule has 1 saturated heterocycles. The highest BCUT2D eigenvalue weighted by atomic mass is 35.5. The zero-order chi connectivity index (χ0) is 26.8. The molecule has 0 spiro atoms. The van der Waals surface area contributed by atoms with E-state index >= 15 is 0 Å². The van der Waals surface area contributed by atoms with Crippen LogP contribution in [0.25, 0.3) is 0 Å². The minimum absolute atomic E-state index is 0.276. The number of amides is 2. The molecule has 1 aliphatic heterocycles. The van der Waals surface area contributed by atoms with Crippen LogP contribution in [0.1, 0.15) is 77.0 Å². The van der Waals surface area contributed by atoms with Gasteiger partial charge in [0.15, 0.2) is 0 Å². The largest absolute Gasteiger partial charge is 0.481 e. The number of piperidine rings is 1. The zero-order valence-electron chi connectivity index (χ0n) is 21.3. The average Bonchev–Trinajstić information content (AvgIpc) is 2.76. The van der Waals surface area contributed by atoms with Crippen molar-refractivity contribution in [1.82, 2.24) is 10.2 Å². The maximum Gasteiger partial charge on any atom is 0.304 e. The molecule has 1 fully saturated rings. The van der Waals surface area contributed by atoms with E-state index < -0.39 is 29.0 Å². The lowest BCUT2D eigenvalue weighted by molar-refractivity contribution is -0.163. The summed E-state index contributed by atoms with van der Waals surface area (Å²) in [7, 11) is 0. The van der Waals surface area contributed by atoms with Crippen LogP contribution in [0.15, 0.2) is 48.5 Å². The highest BCUT2D eigenvalue weighted by Crippen LogP contribution is 2.52. The molecule has 1 heterocycles. The molecule has 2 N–H and O–H groups in total. The number of nitrogens with zero attached hydrogens (tertiary/aromatic N) is 1. The van der Waals surface area contributed by atoms with Gasteiger partial charge in [0.2, 0.25) is 11.8 Å². The highest BCUT2D eigenvalue weighted by Gasteiger charge is 2.53. The molecular formula is C28H34Cl2N2O4. The van der Waals surface area contributed by atoms with Crippen LogP contribution in [0.5, 0.6) is 0 Å². The van der Waals surface area contributed by atoms with E-state index in [0.29, 0.717) is 22.9 Å². The van der Waals surface area contributed by atoms with E-state index in [4.69, 9.17) is 23.2 Å². The molecule has 0 aliphatic carbocycles. The summed E-state index contributed by atoms with van der Waals surface area (Å²) in [5, 5.41) is 13.8. The van der Waals surface area contributed by atoms with Crippen LogP contribution in [-0.2, 0) is 14.4 Å². The predicted molar refractivity (Wildman–Crippen MR) is 142 cm³/mol. The molecule has 1 aliphatic rings. The first-order chi connectivity index (χ1) is 16.8. The van der Waals surface area contributed by atoms with Crippen molar-refractivity contribution in [3.8, 4) is 0 Å². The number of carbonyl (C=O) groups is 3. The maximum atomic E-state index is 14.2. The number of hydrogen-bond acceptors (Lipinski definition) is 3. The number of hydrogen-bond donors (Lipinski definition) is 2. The monoisotopic (exact) mass is 532 g/mol. The zero-order valence-corrected chi connectivity index (χ0v) is 22.9. The van der Waals surface area contributed by atoms with E-state index in [-0.39, 0.29) is 24.2 Å². The number of benzene rings is 2.